The number of esters is 1. The van der Waals surface area contributed by atoms with Crippen LogP contribution in [0.3, 0.4) is 0 Å². The summed E-state index contributed by atoms with van der Waals surface area (Å²) in [6.45, 7) is 16.3. The zero-order valence-electron chi connectivity index (χ0n) is 26.0. The van der Waals surface area contributed by atoms with Gasteiger partial charge in [0.15, 0.2) is 0 Å². The number of methoxy groups -OCH3 is 1. The van der Waals surface area contributed by atoms with E-state index in [1.54, 1.807) is 12.1 Å². The van der Waals surface area contributed by atoms with Crippen LogP contribution in [0.4, 0.5) is 0 Å². The standard InChI is InChI=1S/C33H46Cl2N2O4Si/c1-20(2)42(21(3)4,22(5)6)41-26-13-16-37(17-14-26)31(27-12-15-36-32(27)38)30-28(34)18-25(19-29(30)35)23-8-10-24(11-9-23)33(39)40-7/h8-11,18-22,26-27,31H,12-17H2,1-7H3,(H,36,38). The number of piperidine rings is 1. The minimum atomic E-state index is -1.98. The highest BCUT2D eigenvalue weighted by atomic mass is 35.5. The third kappa shape index (κ3) is 6.60. The number of hydrogen-bond acceptors (Lipinski definition) is 5. The summed E-state index contributed by atoms with van der Waals surface area (Å²) in [7, 11) is -0.620. The molecule has 230 valence electrons. The Morgan fingerprint density at radius 1 is 0.905 bits per heavy atom. The molecule has 0 aliphatic carbocycles. The summed E-state index contributed by atoms with van der Waals surface area (Å²) in [5, 5.41) is 4.11. The van der Waals surface area contributed by atoms with Gasteiger partial charge in [0.05, 0.1) is 18.6 Å². The van der Waals surface area contributed by atoms with Gasteiger partial charge in [0.2, 0.25) is 14.2 Å². The topological polar surface area (TPSA) is 67.9 Å². The van der Waals surface area contributed by atoms with Crippen LogP contribution in [0, 0.1) is 5.92 Å². The van der Waals surface area contributed by atoms with Crippen molar-refractivity contribution in [1.29, 1.82) is 0 Å². The molecule has 0 saturated carbocycles. The molecule has 1 N–H and O–H groups in total. The summed E-state index contributed by atoms with van der Waals surface area (Å²) >= 11 is 14.0. The molecule has 9 heteroatoms. The van der Waals surface area contributed by atoms with Gasteiger partial charge >= 0.3 is 5.97 Å². The molecule has 42 heavy (non-hydrogen) atoms. The van der Waals surface area contributed by atoms with E-state index in [0.29, 0.717) is 38.8 Å². The third-order valence-corrected chi connectivity index (χ3v) is 16.2. The molecule has 2 aliphatic heterocycles. The van der Waals surface area contributed by atoms with Crippen LogP contribution < -0.4 is 5.32 Å². The van der Waals surface area contributed by atoms with Crippen molar-refractivity contribution in [3.8, 4) is 11.1 Å². The van der Waals surface area contributed by atoms with E-state index in [0.717, 1.165) is 49.0 Å². The highest BCUT2D eigenvalue weighted by Crippen LogP contribution is 2.46. The predicted octanol–water partition coefficient (Wildman–Crippen LogP) is 8.28. The normalized spacial score (nSPS) is 19.5. The molecule has 2 atom stereocenters. The molecular formula is C33H46Cl2N2O4Si. The van der Waals surface area contributed by atoms with Crippen molar-refractivity contribution in [2.75, 3.05) is 26.7 Å². The van der Waals surface area contributed by atoms with Gasteiger partial charge in [0.25, 0.3) is 0 Å². The second-order valence-electron chi connectivity index (χ2n) is 12.7. The third-order valence-electron chi connectivity index (χ3n) is 9.43. The zero-order chi connectivity index (χ0) is 30.8. The number of benzene rings is 2. The molecule has 2 heterocycles. The van der Waals surface area contributed by atoms with Crippen LogP contribution in [0.5, 0.6) is 0 Å². The fourth-order valence-corrected chi connectivity index (χ4v) is 13.8. The first-order valence-corrected chi connectivity index (χ1v) is 18.2. The number of likely N-dealkylation sites (tertiary alicyclic amines) is 1. The smallest absolute Gasteiger partial charge is 0.337 e. The number of ether oxygens (including phenoxy) is 1. The molecule has 2 aromatic carbocycles. The first-order valence-electron chi connectivity index (χ1n) is 15.3. The van der Waals surface area contributed by atoms with E-state index in [9.17, 15) is 9.59 Å². The molecule has 0 bridgehead atoms. The number of carbonyl (C=O) groups is 2. The lowest BCUT2D eigenvalue weighted by atomic mass is 9.87. The number of nitrogens with zero attached hydrogens (tertiary/aromatic N) is 1. The summed E-state index contributed by atoms with van der Waals surface area (Å²) in [6.07, 6.45) is 2.81. The summed E-state index contributed by atoms with van der Waals surface area (Å²) in [5.74, 6) is -0.553. The van der Waals surface area contributed by atoms with Crippen molar-refractivity contribution < 1.29 is 18.8 Å². The largest absolute Gasteiger partial charge is 0.465 e. The lowest BCUT2D eigenvalue weighted by molar-refractivity contribution is -0.124. The lowest BCUT2D eigenvalue weighted by Gasteiger charge is -2.47. The molecule has 1 amide bonds. The van der Waals surface area contributed by atoms with Crippen molar-refractivity contribution in [2.45, 2.75) is 89.6 Å². The molecule has 0 spiro atoms. The van der Waals surface area contributed by atoms with Crippen molar-refractivity contribution in [3.63, 3.8) is 0 Å². The minimum Gasteiger partial charge on any atom is -0.465 e. The Bertz CT molecular complexity index is 1210. The Labute approximate surface area is 262 Å². The van der Waals surface area contributed by atoms with E-state index < -0.39 is 8.32 Å². The van der Waals surface area contributed by atoms with E-state index >= 15 is 0 Å². The van der Waals surface area contributed by atoms with Crippen molar-refractivity contribution in [3.05, 3.63) is 57.6 Å². The second-order valence-corrected chi connectivity index (χ2v) is 18.9. The number of hydrogen-bond donors (Lipinski definition) is 1. The Morgan fingerprint density at radius 2 is 1.45 bits per heavy atom. The van der Waals surface area contributed by atoms with E-state index in [1.807, 2.05) is 24.3 Å². The van der Waals surface area contributed by atoms with Gasteiger partial charge in [-0.15, -0.1) is 0 Å². The Balaban J connectivity index is 1.60. The van der Waals surface area contributed by atoms with E-state index in [4.69, 9.17) is 32.4 Å². The predicted molar refractivity (Wildman–Crippen MR) is 174 cm³/mol. The van der Waals surface area contributed by atoms with Crippen LogP contribution >= 0.6 is 23.2 Å². The number of nitrogens with one attached hydrogen (secondary N) is 1. The Hall–Kier alpha value is -1.90. The molecule has 2 aliphatic rings. The number of carbonyl (C=O) groups excluding carboxylic acids is 2. The zero-order valence-corrected chi connectivity index (χ0v) is 28.5. The van der Waals surface area contributed by atoms with Gasteiger partial charge in [-0.1, -0.05) is 76.9 Å². The highest BCUT2D eigenvalue weighted by molar-refractivity contribution is 6.77. The quantitative estimate of drug-likeness (QED) is 0.211. The van der Waals surface area contributed by atoms with Crippen LogP contribution in [0.1, 0.15) is 82.8 Å². The molecule has 0 radical (unpaired) electrons. The number of rotatable bonds is 10. The van der Waals surface area contributed by atoms with E-state index in [2.05, 4.69) is 51.8 Å². The van der Waals surface area contributed by atoms with Gasteiger partial charge in [-0.3, -0.25) is 9.69 Å². The lowest BCUT2D eigenvalue weighted by Crippen LogP contribution is -2.52. The molecule has 2 fully saturated rings. The Morgan fingerprint density at radius 3 is 1.90 bits per heavy atom. The molecule has 2 saturated heterocycles. The molecule has 6 nitrogen and oxygen atoms in total. The van der Waals surface area contributed by atoms with Crippen LogP contribution in [0.25, 0.3) is 11.1 Å². The molecule has 4 rings (SSSR count). The van der Waals surface area contributed by atoms with Gasteiger partial charge in [-0.25, -0.2) is 4.79 Å². The molecule has 2 unspecified atom stereocenters. The SMILES string of the molecule is COC(=O)c1ccc(-c2cc(Cl)c(C(C3CCNC3=O)N3CCC(O[Si](C(C)C)(C(C)C)C(C)C)CC3)c(Cl)c2)cc1. The average Bonchev–Trinajstić information content (AvgIpc) is 3.38. The van der Waals surface area contributed by atoms with Crippen LogP contribution in [-0.2, 0) is 14.0 Å². The van der Waals surface area contributed by atoms with Crippen molar-refractivity contribution in [1.82, 2.24) is 10.2 Å². The first kappa shape index (κ1) is 33.0. The summed E-state index contributed by atoms with van der Waals surface area (Å²) in [6, 6.07) is 10.8. The molecule has 2 aromatic rings. The molecule has 0 aromatic heterocycles. The van der Waals surface area contributed by atoms with Gasteiger partial charge in [0, 0.05) is 47.4 Å². The monoisotopic (exact) mass is 632 g/mol. The highest BCUT2D eigenvalue weighted by Gasteiger charge is 2.47. The minimum absolute atomic E-state index is 0.0545. The number of amides is 1. The van der Waals surface area contributed by atoms with Crippen LogP contribution in [0.2, 0.25) is 26.7 Å². The second kappa shape index (κ2) is 13.8. The molecular weight excluding hydrogens is 587 g/mol. The van der Waals surface area contributed by atoms with Crippen LogP contribution in [0.15, 0.2) is 36.4 Å². The van der Waals surface area contributed by atoms with E-state index in [1.165, 1.54) is 7.11 Å². The summed E-state index contributed by atoms with van der Waals surface area (Å²) < 4.78 is 12.0. The fraction of sp³-hybridized carbons (Fsp3) is 0.576. The summed E-state index contributed by atoms with van der Waals surface area (Å²) in [4.78, 5) is 27.3. The maximum absolute atomic E-state index is 13.1. The van der Waals surface area contributed by atoms with E-state index in [-0.39, 0.29) is 29.9 Å². The Kier molecular flexibility index (Phi) is 10.9. The van der Waals surface area contributed by atoms with Crippen molar-refractivity contribution in [2.24, 2.45) is 5.92 Å². The first-order chi connectivity index (χ1) is 19.9. The van der Waals surface area contributed by atoms with Gasteiger partial charge < -0.3 is 14.5 Å². The number of halogens is 2. The summed E-state index contributed by atoms with van der Waals surface area (Å²) in [5.41, 5.74) is 4.65. The van der Waals surface area contributed by atoms with Crippen molar-refractivity contribution >= 4 is 43.4 Å². The maximum atomic E-state index is 13.1. The fourth-order valence-electron chi connectivity index (χ4n) is 7.47. The van der Waals surface area contributed by atoms with Gasteiger partial charge in [0.1, 0.15) is 0 Å². The van der Waals surface area contributed by atoms with Gasteiger partial charge in [-0.05, 0) is 71.3 Å². The van der Waals surface area contributed by atoms with Crippen LogP contribution in [-0.4, -0.2) is 57.9 Å². The van der Waals surface area contributed by atoms with Gasteiger partial charge in [-0.2, -0.15) is 0 Å². The maximum Gasteiger partial charge on any atom is 0.337 e. The average molecular weight is 634 g/mol.